The van der Waals surface area contributed by atoms with Crippen molar-refractivity contribution in [3.05, 3.63) is 0 Å². The zero-order chi connectivity index (χ0) is 6.15. The topological polar surface area (TPSA) is 57.6 Å². The van der Waals surface area contributed by atoms with E-state index in [9.17, 15) is 9.59 Å². The molecule has 1 heterocycles. The third kappa shape index (κ3) is 1.40. The highest BCUT2D eigenvalue weighted by Crippen LogP contribution is 2.06. The van der Waals surface area contributed by atoms with Crippen molar-refractivity contribution in [2.75, 3.05) is 0 Å². The number of rotatable bonds is 0. The molecular weight excluding hydrogens is 146 g/mol. The number of hydrogen-bond donors (Lipinski definition) is 1. The molecule has 4 nitrogen and oxygen atoms in total. The number of carbonyl (C=O) groups excluding carboxylic acids is 2. The van der Waals surface area contributed by atoms with E-state index in [1.807, 2.05) is 0 Å². The summed E-state index contributed by atoms with van der Waals surface area (Å²) < 4.78 is 0. The molecule has 0 aromatic rings. The van der Waals surface area contributed by atoms with Crippen LogP contribution in [0.5, 0.6) is 0 Å². The minimum absolute atomic E-state index is 0. The van der Waals surface area contributed by atoms with Crippen molar-refractivity contribution in [1.82, 2.24) is 5.06 Å². The highest BCUT2D eigenvalue weighted by Gasteiger charge is 2.26. The molecule has 0 aliphatic carbocycles. The first kappa shape index (κ1) is 8.39. The highest BCUT2D eigenvalue weighted by molar-refractivity contribution is 6.00. The largest absolute Gasteiger partial charge is 0.279 e. The number of amides is 2. The molecule has 1 rings (SSSR count). The Morgan fingerprint density at radius 2 is 1.56 bits per heavy atom. The molecule has 0 unspecified atom stereocenters. The molecule has 1 aliphatic rings. The van der Waals surface area contributed by atoms with Gasteiger partial charge in [-0.25, -0.2) is 0 Å². The van der Waals surface area contributed by atoms with E-state index in [1.165, 1.54) is 0 Å². The lowest BCUT2D eigenvalue weighted by Gasteiger charge is -1.98. The number of carbonyl (C=O) groups is 2. The van der Waals surface area contributed by atoms with Gasteiger partial charge in [0.25, 0.3) is 11.8 Å². The number of halogens is 1. The monoisotopic (exact) mass is 151 g/mol. The lowest BCUT2D eigenvalue weighted by Crippen LogP contribution is -2.24. The van der Waals surface area contributed by atoms with Crippen molar-refractivity contribution in [2.45, 2.75) is 12.8 Å². The SMILES string of the molecule is Cl.O=C1CCC(=O)N1O. The van der Waals surface area contributed by atoms with E-state index in [-0.39, 0.29) is 30.3 Å². The summed E-state index contributed by atoms with van der Waals surface area (Å²) in [6, 6.07) is 0. The zero-order valence-electron chi connectivity index (χ0n) is 4.53. The first-order valence-corrected chi connectivity index (χ1v) is 2.26. The van der Waals surface area contributed by atoms with Crippen LogP contribution in [0.1, 0.15) is 12.8 Å². The first-order valence-electron chi connectivity index (χ1n) is 2.26. The van der Waals surface area contributed by atoms with Crippen molar-refractivity contribution in [3.63, 3.8) is 0 Å². The fourth-order valence-corrected chi connectivity index (χ4v) is 0.565. The van der Waals surface area contributed by atoms with Crippen LogP contribution in [-0.4, -0.2) is 22.1 Å². The van der Waals surface area contributed by atoms with Crippen LogP contribution < -0.4 is 0 Å². The molecule has 0 spiro atoms. The minimum atomic E-state index is -0.505. The average Bonchev–Trinajstić information content (AvgIpc) is 1.98. The van der Waals surface area contributed by atoms with Gasteiger partial charge < -0.3 is 0 Å². The summed E-state index contributed by atoms with van der Waals surface area (Å²) in [4.78, 5) is 20.5. The summed E-state index contributed by atoms with van der Waals surface area (Å²) in [5, 5.41) is 8.57. The molecule has 1 fully saturated rings. The Morgan fingerprint density at radius 3 is 1.67 bits per heavy atom. The van der Waals surface area contributed by atoms with Crippen LogP contribution in [0.25, 0.3) is 0 Å². The Hall–Kier alpha value is -0.610. The van der Waals surface area contributed by atoms with Gasteiger partial charge in [0.05, 0.1) is 0 Å². The molecule has 1 N–H and O–H groups in total. The predicted octanol–water partition coefficient (Wildman–Crippen LogP) is -0.0536. The minimum Gasteiger partial charge on any atom is -0.279 e. The maximum Gasteiger partial charge on any atom is 0.253 e. The van der Waals surface area contributed by atoms with E-state index in [2.05, 4.69) is 0 Å². The molecule has 0 saturated carbocycles. The van der Waals surface area contributed by atoms with Crippen molar-refractivity contribution in [1.29, 1.82) is 0 Å². The second-order valence-electron chi connectivity index (χ2n) is 1.60. The molecule has 0 bridgehead atoms. The van der Waals surface area contributed by atoms with E-state index < -0.39 is 11.8 Å². The van der Waals surface area contributed by atoms with E-state index in [0.29, 0.717) is 0 Å². The molecule has 1 aliphatic heterocycles. The molecule has 1 saturated heterocycles. The summed E-state index contributed by atoms with van der Waals surface area (Å²) in [7, 11) is 0. The smallest absolute Gasteiger partial charge is 0.253 e. The standard InChI is InChI=1S/C4H5NO3.ClH/c6-3-1-2-4(7)5(3)8;/h8H,1-2H2;1H. The van der Waals surface area contributed by atoms with Gasteiger partial charge in [0, 0.05) is 12.8 Å². The maximum atomic E-state index is 10.2. The Bertz CT molecular complexity index is 131. The van der Waals surface area contributed by atoms with Gasteiger partial charge in [-0.3, -0.25) is 14.8 Å². The van der Waals surface area contributed by atoms with Crippen molar-refractivity contribution in [2.24, 2.45) is 0 Å². The zero-order valence-corrected chi connectivity index (χ0v) is 5.35. The number of hydrogen-bond acceptors (Lipinski definition) is 3. The fraction of sp³-hybridized carbons (Fsp3) is 0.500. The predicted molar refractivity (Wildman–Crippen MR) is 30.1 cm³/mol. The quantitative estimate of drug-likeness (QED) is 0.390. The maximum absolute atomic E-state index is 10.2. The third-order valence-electron chi connectivity index (χ3n) is 1.03. The Balaban J connectivity index is 0.000000640. The molecule has 9 heavy (non-hydrogen) atoms. The summed E-state index contributed by atoms with van der Waals surface area (Å²) in [6.45, 7) is 0. The van der Waals surface area contributed by atoms with Gasteiger partial charge in [0.15, 0.2) is 0 Å². The van der Waals surface area contributed by atoms with Gasteiger partial charge in [0.1, 0.15) is 0 Å². The molecule has 2 amide bonds. The van der Waals surface area contributed by atoms with Gasteiger partial charge in [-0.15, -0.1) is 12.4 Å². The van der Waals surface area contributed by atoms with E-state index in [4.69, 9.17) is 5.21 Å². The molecule has 0 aromatic carbocycles. The van der Waals surface area contributed by atoms with E-state index >= 15 is 0 Å². The second-order valence-corrected chi connectivity index (χ2v) is 1.60. The third-order valence-corrected chi connectivity index (χ3v) is 1.03. The van der Waals surface area contributed by atoms with Crippen molar-refractivity contribution < 1.29 is 14.8 Å². The lowest BCUT2D eigenvalue weighted by molar-refractivity contribution is -0.171. The molecule has 0 radical (unpaired) electrons. The van der Waals surface area contributed by atoms with Crippen LogP contribution in [0.2, 0.25) is 0 Å². The van der Waals surface area contributed by atoms with Gasteiger partial charge >= 0.3 is 0 Å². The summed E-state index contributed by atoms with van der Waals surface area (Å²) >= 11 is 0. The van der Waals surface area contributed by atoms with Crippen molar-refractivity contribution >= 4 is 24.2 Å². The highest BCUT2D eigenvalue weighted by atomic mass is 35.5. The Morgan fingerprint density at radius 1 is 1.22 bits per heavy atom. The summed E-state index contributed by atoms with van der Waals surface area (Å²) in [5.74, 6) is -1.01. The van der Waals surface area contributed by atoms with Gasteiger partial charge in [-0.05, 0) is 0 Å². The first-order chi connectivity index (χ1) is 3.72. The van der Waals surface area contributed by atoms with Crippen molar-refractivity contribution in [3.8, 4) is 0 Å². The molecule has 52 valence electrons. The van der Waals surface area contributed by atoms with Gasteiger partial charge in [-0.2, -0.15) is 5.06 Å². The van der Waals surface area contributed by atoms with Crippen LogP contribution in [0, 0.1) is 0 Å². The van der Waals surface area contributed by atoms with Gasteiger partial charge in [0.2, 0.25) is 0 Å². The molecule has 0 aromatic heterocycles. The van der Waals surface area contributed by atoms with E-state index in [0.717, 1.165) is 0 Å². The molecular formula is C4H6ClNO3. The van der Waals surface area contributed by atoms with E-state index in [1.54, 1.807) is 0 Å². The van der Waals surface area contributed by atoms with Crippen LogP contribution in [0.15, 0.2) is 0 Å². The normalized spacial score (nSPS) is 18.1. The Kier molecular flexibility index (Phi) is 2.61. The number of nitrogens with zero attached hydrogens (tertiary/aromatic N) is 1. The number of hydroxylamine groups is 2. The summed E-state index contributed by atoms with van der Waals surface area (Å²) in [5.41, 5.74) is 0. The van der Waals surface area contributed by atoms with Crippen LogP contribution in [-0.2, 0) is 9.59 Å². The Labute approximate surface area is 57.8 Å². The van der Waals surface area contributed by atoms with Crippen LogP contribution in [0.4, 0.5) is 0 Å². The average molecular weight is 152 g/mol. The van der Waals surface area contributed by atoms with Gasteiger partial charge in [-0.1, -0.05) is 0 Å². The van der Waals surface area contributed by atoms with Crippen LogP contribution >= 0.6 is 12.4 Å². The molecule has 0 atom stereocenters. The van der Waals surface area contributed by atoms with Crippen LogP contribution in [0.3, 0.4) is 0 Å². The number of imide groups is 1. The molecule has 5 heteroatoms. The lowest BCUT2D eigenvalue weighted by atomic mass is 10.4. The second kappa shape index (κ2) is 2.80. The fourth-order valence-electron chi connectivity index (χ4n) is 0.565. The summed E-state index contributed by atoms with van der Waals surface area (Å²) in [6.07, 6.45) is 0.296.